The van der Waals surface area contributed by atoms with Gasteiger partial charge in [-0.3, -0.25) is 0 Å². The highest BCUT2D eigenvalue weighted by atomic mass is 16.5. The molecule has 5 heteroatoms. The molecule has 5 nitrogen and oxygen atoms in total. The summed E-state index contributed by atoms with van der Waals surface area (Å²) < 4.78 is 4.61. The maximum absolute atomic E-state index is 11.2. The Labute approximate surface area is 83.8 Å². The fourth-order valence-electron chi connectivity index (χ4n) is 1.87. The molecule has 1 saturated heterocycles. The van der Waals surface area contributed by atoms with Gasteiger partial charge in [0.1, 0.15) is 0 Å². The molecule has 0 saturated carbocycles. The van der Waals surface area contributed by atoms with E-state index in [1.165, 1.54) is 12.0 Å². The number of amides is 1. The van der Waals surface area contributed by atoms with Crippen LogP contribution in [0.4, 0.5) is 4.79 Å². The van der Waals surface area contributed by atoms with Crippen LogP contribution < -0.4 is 5.73 Å². The second kappa shape index (κ2) is 4.61. The first-order chi connectivity index (χ1) is 6.61. The molecule has 1 atom stereocenters. The molecule has 0 aromatic heterocycles. The lowest BCUT2D eigenvalue weighted by atomic mass is 9.90. The Bertz CT molecular complexity index is 206. The number of carbonyl (C=O) groups excluding carboxylic acids is 1. The van der Waals surface area contributed by atoms with Gasteiger partial charge in [0.05, 0.1) is 19.3 Å². The van der Waals surface area contributed by atoms with Gasteiger partial charge in [-0.15, -0.1) is 0 Å². The fourth-order valence-corrected chi connectivity index (χ4v) is 1.87. The Kier molecular flexibility index (Phi) is 3.71. The predicted octanol–water partition coefficient (Wildman–Crippen LogP) is -0.0715. The number of rotatable bonds is 2. The lowest BCUT2D eigenvalue weighted by Crippen LogP contribution is -2.51. The third-order valence-corrected chi connectivity index (χ3v) is 2.60. The molecule has 1 unspecified atom stereocenters. The summed E-state index contributed by atoms with van der Waals surface area (Å²) in [5.41, 5.74) is 4.59. The number of hydrogen-bond donors (Lipinski definition) is 2. The van der Waals surface area contributed by atoms with E-state index in [4.69, 9.17) is 5.73 Å². The van der Waals surface area contributed by atoms with Crippen LogP contribution in [0.5, 0.6) is 0 Å². The predicted molar refractivity (Wildman–Crippen MR) is 51.8 cm³/mol. The number of β-amino-alcohol motifs (C(OH)–C–C–N with tert-alkyl or cyclic N) is 1. The van der Waals surface area contributed by atoms with Crippen molar-refractivity contribution in [1.29, 1.82) is 0 Å². The van der Waals surface area contributed by atoms with Crippen LogP contribution in [0, 0.1) is 0 Å². The minimum atomic E-state index is -0.818. The average Bonchev–Trinajstić information content (AvgIpc) is 2.16. The third kappa shape index (κ3) is 2.59. The van der Waals surface area contributed by atoms with E-state index in [1.54, 1.807) is 0 Å². The highest BCUT2D eigenvalue weighted by molar-refractivity contribution is 5.67. The van der Waals surface area contributed by atoms with Crippen molar-refractivity contribution >= 4 is 6.09 Å². The minimum Gasteiger partial charge on any atom is -0.453 e. The van der Waals surface area contributed by atoms with Gasteiger partial charge in [0.25, 0.3) is 0 Å². The van der Waals surface area contributed by atoms with E-state index in [-0.39, 0.29) is 6.09 Å². The fraction of sp³-hybridized carbons (Fsp3) is 0.889. The molecule has 1 heterocycles. The van der Waals surface area contributed by atoms with Crippen molar-refractivity contribution in [1.82, 2.24) is 4.90 Å². The molecule has 1 fully saturated rings. The molecule has 82 valence electrons. The smallest absolute Gasteiger partial charge is 0.409 e. The lowest BCUT2D eigenvalue weighted by Gasteiger charge is -2.38. The molecule has 0 radical (unpaired) electrons. The van der Waals surface area contributed by atoms with Crippen molar-refractivity contribution in [2.75, 3.05) is 26.7 Å². The van der Waals surface area contributed by atoms with Gasteiger partial charge in [0, 0.05) is 6.54 Å². The van der Waals surface area contributed by atoms with Crippen LogP contribution >= 0.6 is 0 Å². The van der Waals surface area contributed by atoms with Crippen molar-refractivity contribution in [3.8, 4) is 0 Å². The van der Waals surface area contributed by atoms with Crippen LogP contribution in [-0.4, -0.2) is 48.4 Å². The van der Waals surface area contributed by atoms with E-state index in [1.807, 2.05) is 0 Å². The third-order valence-electron chi connectivity index (χ3n) is 2.60. The van der Waals surface area contributed by atoms with Crippen LogP contribution in [-0.2, 0) is 4.74 Å². The molecule has 1 aliphatic heterocycles. The molecule has 1 rings (SSSR count). The van der Waals surface area contributed by atoms with Gasteiger partial charge in [0.2, 0.25) is 0 Å². The zero-order valence-corrected chi connectivity index (χ0v) is 8.53. The second-order valence-corrected chi connectivity index (χ2v) is 3.76. The summed E-state index contributed by atoms with van der Waals surface area (Å²) in [4.78, 5) is 12.7. The molecule has 0 aliphatic carbocycles. The first-order valence-electron chi connectivity index (χ1n) is 4.87. The number of hydrogen-bond acceptors (Lipinski definition) is 4. The lowest BCUT2D eigenvalue weighted by molar-refractivity contribution is -0.0312. The molecule has 14 heavy (non-hydrogen) atoms. The summed E-state index contributed by atoms with van der Waals surface area (Å²) in [6.45, 7) is 1.42. The molecule has 0 bridgehead atoms. The summed E-state index contributed by atoms with van der Waals surface area (Å²) in [6, 6.07) is 0. The van der Waals surface area contributed by atoms with Crippen LogP contribution in [0.25, 0.3) is 0 Å². The topological polar surface area (TPSA) is 75.8 Å². The van der Waals surface area contributed by atoms with Gasteiger partial charge < -0.3 is 20.5 Å². The van der Waals surface area contributed by atoms with Gasteiger partial charge in [-0.2, -0.15) is 0 Å². The van der Waals surface area contributed by atoms with Crippen LogP contribution in [0.15, 0.2) is 0 Å². The Morgan fingerprint density at radius 2 is 2.43 bits per heavy atom. The number of likely N-dealkylation sites (tertiary alicyclic amines) is 1. The number of aliphatic hydroxyl groups is 1. The standard InChI is InChI=1S/C9H18N2O3/c1-14-8(12)11-6-2-3-9(13,7-11)4-5-10/h13H,2-7,10H2,1H3. The van der Waals surface area contributed by atoms with Gasteiger partial charge >= 0.3 is 6.09 Å². The normalized spacial score (nSPS) is 27.5. The summed E-state index contributed by atoms with van der Waals surface area (Å²) in [5, 5.41) is 10.1. The SMILES string of the molecule is COC(=O)N1CCCC(O)(CCN)C1. The van der Waals surface area contributed by atoms with Crippen molar-refractivity contribution in [2.24, 2.45) is 5.73 Å². The van der Waals surface area contributed by atoms with Crippen LogP contribution in [0.3, 0.4) is 0 Å². The molecular weight excluding hydrogens is 184 g/mol. The number of methoxy groups -OCH3 is 1. The van der Waals surface area contributed by atoms with Crippen molar-refractivity contribution in [3.63, 3.8) is 0 Å². The number of ether oxygens (including phenoxy) is 1. The van der Waals surface area contributed by atoms with Gasteiger partial charge in [-0.1, -0.05) is 0 Å². The molecule has 1 amide bonds. The van der Waals surface area contributed by atoms with Crippen molar-refractivity contribution < 1.29 is 14.6 Å². The van der Waals surface area contributed by atoms with E-state index >= 15 is 0 Å². The Morgan fingerprint density at radius 3 is 3.00 bits per heavy atom. The number of carbonyl (C=O) groups is 1. The van der Waals surface area contributed by atoms with E-state index in [0.29, 0.717) is 32.5 Å². The number of nitrogens with zero attached hydrogens (tertiary/aromatic N) is 1. The minimum absolute atomic E-state index is 0.330. The zero-order chi connectivity index (χ0) is 10.6. The molecular formula is C9H18N2O3. The molecule has 0 aromatic carbocycles. The van der Waals surface area contributed by atoms with Crippen LogP contribution in [0.2, 0.25) is 0 Å². The average molecular weight is 202 g/mol. The summed E-state index contributed by atoms with van der Waals surface area (Å²) in [7, 11) is 1.35. The monoisotopic (exact) mass is 202 g/mol. The van der Waals surface area contributed by atoms with Crippen molar-refractivity contribution in [2.45, 2.75) is 24.9 Å². The maximum atomic E-state index is 11.2. The van der Waals surface area contributed by atoms with Gasteiger partial charge in [0.15, 0.2) is 0 Å². The van der Waals surface area contributed by atoms with E-state index in [0.717, 1.165) is 6.42 Å². The van der Waals surface area contributed by atoms with Gasteiger partial charge in [-0.05, 0) is 25.8 Å². The summed E-state index contributed by atoms with van der Waals surface area (Å²) >= 11 is 0. The molecule has 1 aliphatic rings. The highest BCUT2D eigenvalue weighted by Gasteiger charge is 2.34. The number of nitrogens with two attached hydrogens (primary N) is 1. The largest absolute Gasteiger partial charge is 0.453 e. The molecule has 0 aromatic rings. The Morgan fingerprint density at radius 1 is 1.71 bits per heavy atom. The van der Waals surface area contributed by atoms with E-state index < -0.39 is 5.60 Å². The van der Waals surface area contributed by atoms with Crippen LogP contribution in [0.1, 0.15) is 19.3 Å². The highest BCUT2D eigenvalue weighted by Crippen LogP contribution is 2.24. The van der Waals surface area contributed by atoms with E-state index in [2.05, 4.69) is 4.74 Å². The zero-order valence-electron chi connectivity index (χ0n) is 8.53. The Balaban J connectivity index is 2.54. The Hall–Kier alpha value is -0.810. The van der Waals surface area contributed by atoms with E-state index in [9.17, 15) is 9.90 Å². The maximum Gasteiger partial charge on any atom is 0.409 e. The number of piperidine rings is 1. The summed E-state index contributed by atoms with van der Waals surface area (Å²) in [5.74, 6) is 0. The van der Waals surface area contributed by atoms with Gasteiger partial charge in [-0.25, -0.2) is 4.79 Å². The quantitative estimate of drug-likeness (QED) is 0.657. The summed E-state index contributed by atoms with van der Waals surface area (Å²) in [6.07, 6.45) is 1.66. The first kappa shape index (κ1) is 11.3. The molecule has 3 N–H and O–H groups in total. The molecule has 0 spiro atoms. The first-order valence-corrected chi connectivity index (χ1v) is 4.87. The van der Waals surface area contributed by atoms with Crippen molar-refractivity contribution in [3.05, 3.63) is 0 Å². The second-order valence-electron chi connectivity index (χ2n) is 3.76.